The Labute approximate surface area is 174 Å². The van der Waals surface area contributed by atoms with E-state index in [1.165, 1.54) is 12.1 Å². The maximum absolute atomic E-state index is 13.3. The Morgan fingerprint density at radius 3 is 2.66 bits per heavy atom. The normalized spacial score (nSPS) is 10.9. The van der Waals surface area contributed by atoms with E-state index in [2.05, 4.69) is 10.3 Å². The van der Waals surface area contributed by atoms with Crippen molar-refractivity contribution in [1.82, 2.24) is 15.2 Å². The average molecular weight is 414 g/mol. The number of fused-ring (bicyclic) bond motifs is 1. The van der Waals surface area contributed by atoms with E-state index in [0.29, 0.717) is 36.9 Å². The number of thiocarbonyl (C=S) groups is 1. The van der Waals surface area contributed by atoms with Gasteiger partial charge in [-0.1, -0.05) is 24.3 Å². The molecule has 0 saturated carbocycles. The standard InChI is InChI=1S/C22H24FN3O2S/c1-15-3-6-17-12-18(21(27)25-20(17)11-15)14-26(22(29)24-9-10-28-2)13-16-4-7-19(23)8-5-16/h3-8,11-12H,9-10,13-14H2,1-2H3,(H,24,29)(H,25,27). The number of pyridine rings is 1. The lowest BCUT2D eigenvalue weighted by molar-refractivity contribution is 0.202. The van der Waals surface area contributed by atoms with Crippen LogP contribution in [-0.4, -0.2) is 35.3 Å². The summed E-state index contributed by atoms with van der Waals surface area (Å²) in [6.45, 7) is 3.84. The Hall–Kier alpha value is -2.77. The summed E-state index contributed by atoms with van der Waals surface area (Å²) in [6.07, 6.45) is 0. The van der Waals surface area contributed by atoms with Gasteiger partial charge in [0.05, 0.1) is 13.2 Å². The molecule has 0 spiro atoms. The fraction of sp³-hybridized carbons (Fsp3) is 0.273. The van der Waals surface area contributed by atoms with E-state index in [-0.39, 0.29) is 11.4 Å². The van der Waals surface area contributed by atoms with Crippen LogP contribution < -0.4 is 10.9 Å². The number of benzene rings is 2. The maximum Gasteiger partial charge on any atom is 0.253 e. The number of hydrogen-bond donors (Lipinski definition) is 2. The monoisotopic (exact) mass is 413 g/mol. The molecule has 0 fully saturated rings. The summed E-state index contributed by atoms with van der Waals surface area (Å²) in [4.78, 5) is 17.5. The van der Waals surface area contributed by atoms with Crippen LogP contribution in [0.1, 0.15) is 16.7 Å². The molecule has 0 amide bonds. The van der Waals surface area contributed by atoms with Gasteiger partial charge in [-0.3, -0.25) is 4.79 Å². The molecule has 3 rings (SSSR count). The van der Waals surface area contributed by atoms with Gasteiger partial charge in [0.25, 0.3) is 5.56 Å². The summed E-state index contributed by atoms with van der Waals surface area (Å²) in [5.74, 6) is -0.289. The molecule has 2 aromatic carbocycles. The lowest BCUT2D eigenvalue weighted by Gasteiger charge is -2.26. The fourth-order valence-electron chi connectivity index (χ4n) is 3.06. The first-order valence-electron chi connectivity index (χ1n) is 9.35. The number of aryl methyl sites for hydroxylation is 1. The third-order valence-electron chi connectivity index (χ3n) is 4.60. The van der Waals surface area contributed by atoms with Crippen LogP contribution in [0.2, 0.25) is 0 Å². The lowest BCUT2D eigenvalue weighted by atomic mass is 10.1. The van der Waals surface area contributed by atoms with Gasteiger partial charge >= 0.3 is 0 Å². The number of nitrogens with one attached hydrogen (secondary N) is 2. The number of nitrogens with zero attached hydrogens (tertiary/aromatic N) is 1. The summed E-state index contributed by atoms with van der Waals surface area (Å²) < 4.78 is 18.3. The van der Waals surface area contributed by atoms with Crippen LogP contribution in [0.3, 0.4) is 0 Å². The van der Waals surface area contributed by atoms with Crippen molar-refractivity contribution in [3.63, 3.8) is 0 Å². The first-order chi connectivity index (χ1) is 14.0. The van der Waals surface area contributed by atoms with Gasteiger partial charge in [-0.2, -0.15) is 0 Å². The van der Waals surface area contributed by atoms with Gasteiger partial charge in [0.1, 0.15) is 5.82 Å². The Balaban J connectivity index is 1.86. The predicted molar refractivity (Wildman–Crippen MR) is 117 cm³/mol. The first kappa shape index (κ1) is 21.0. The predicted octanol–water partition coefficient (Wildman–Crippen LogP) is 3.50. The fourth-order valence-corrected chi connectivity index (χ4v) is 3.30. The molecule has 7 heteroatoms. The van der Waals surface area contributed by atoms with Crippen molar-refractivity contribution < 1.29 is 9.13 Å². The zero-order chi connectivity index (χ0) is 20.8. The molecular weight excluding hydrogens is 389 g/mol. The zero-order valence-corrected chi connectivity index (χ0v) is 17.3. The molecule has 0 unspecified atom stereocenters. The Morgan fingerprint density at radius 1 is 1.17 bits per heavy atom. The zero-order valence-electron chi connectivity index (χ0n) is 16.5. The number of halogens is 1. The number of hydrogen-bond acceptors (Lipinski definition) is 3. The van der Waals surface area contributed by atoms with Crippen LogP contribution in [-0.2, 0) is 17.8 Å². The van der Waals surface area contributed by atoms with Crippen LogP contribution in [0.15, 0.2) is 53.3 Å². The van der Waals surface area contributed by atoms with Crippen molar-refractivity contribution in [2.24, 2.45) is 0 Å². The van der Waals surface area contributed by atoms with Crippen molar-refractivity contribution in [2.45, 2.75) is 20.0 Å². The number of methoxy groups -OCH3 is 1. The van der Waals surface area contributed by atoms with E-state index in [1.807, 2.05) is 36.1 Å². The van der Waals surface area contributed by atoms with Crippen molar-refractivity contribution in [3.05, 3.63) is 81.4 Å². The molecule has 0 radical (unpaired) electrons. The van der Waals surface area contributed by atoms with Crippen LogP contribution in [0, 0.1) is 12.7 Å². The van der Waals surface area contributed by atoms with Crippen LogP contribution in [0.5, 0.6) is 0 Å². The van der Waals surface area contributed by atoms with Crippen molar-refractivity contribution in [2.75, 3.05) is 20.3 Å². The molecule has 1 aromatic heterocycles. The summed E-state index contributed by atoms with van der Waals surface area (Å²) in [5, 5.41) is 4.62. The average Bonchev–Trinajstić information content (AvgIpc) is 2.69. The van der Waals surface area contributed by atoms with E-state index < -0.39 is 0 Å². The van der Waals surface area contributed by atoms with Crippen LogP contribution >= 0.6 is 12.2 Å². The van der Waals surface area contributed by atoms with Gasteiger partial charge in [0.15, 0.2) is 5.11 Å². The highest BCUT2D eigenvalue weighted by atomic mass is 32.1. The Morgan fingerprint density at radius 2 is 1.93 bits per heavy atom. The number of H-pyrrole nitrogens is 1. The first-order valence-corrected chi connectivity index (χ1v) is 9.76. The molecule has 152 valence electrons. The molecule has 5 nitrogen and oxygen atoms in total. The third-order valence-corrected chi connectivity index (χ3v) is 5.00. The minimum absolute atomic E-state index is 0.146. The number of ether oxygens (including phenoxy) is 1. The second kappa shape index (κ2) is 9.62. The van der Waals surface area contributed by atoms with Gasteiger partial charge < -0.3 is 19.9 Å². The highest BCUT2D eigenvalue weighted by Gasteiger charge is 2.14. The van der Waals surface area contributed by atoms with Crippen molar-refractivity contribution >= 4 is 28.2 Å². The van der Waals surface area contributed by atoms with Gasteiger partial charge in [-0.25, -0.2) is 4.39 Å². The second-order valence-electron chi connectivity index (χ2n) is 6.92. The summed E-state index contributed by atoms with van der Waals surface area (Å²) in [7, 11) is 1.62. The van der Waals surface area contributed by atoms with Crippen molar-refractivity contribution in [3.8, 4) is 0 Å². The lowest BCUT2D eigenvalue weighted by Crippen LogP contribution is -2.41. The van der Waals surface area contributed by atoms with Gasteiger partial charge in [0, 0.05) is 31.3 Å². The van der Waals surface area contributed by atoms with Crippen molar-refractivity contribution in [1.29, 1.82) is 0 Å². The minimum Gasteiger partial charge on any atom is -0.383 e. The molecule has 3 aromatic rings. The highest BCUT2D eigenvalue weighted by Crippen LogP contribution is 2.15. The Kier molecular flexibility index (Phi) is 6.95. The second-order valence-corrected chi connectivity index (χ2v) is 7.31. The molecule has 0 aliphatic rings. The van der Waals surface area contributed by atoms with Gasteiger partial charge in [-0.05, 0) is 59.9 Å². The summed E-state index contributed by atoms with van der Waals surface area (Å²) in [6, 6.07) is 14.1. The van der Waals surface area contributed by atoms with E-state index in [0.717, 1.165) is 22.0 Å². The number of aromatic amines is 1. The number of rotatable bonds is 7. The quantitative estimate of drug-likeness (QED) is 0.459. The minimum atomic E-state index is -0.289. The smallest absolute Gasteiger partial charge is 0.253 e. The van der Waals surface area contributed by atoms with E-state index in [4.69, 9.17) is 17.0 Å². The molecule has 2 N–H and O–H groups in total. The van der Waals surface area contributed by atoms with E-state index in [1.54, 1.807) is 19.2 Å². The molecule has 0 atom stereocenters. The Bertz CT molecular complexity index is 1050. The molecule has 29 heavy (non-hydrogen) atoms. The SMILES string of the molecule is COCCNC(=S)N(Cc1ccc(F)cc1)Cc1cc2ccc(C)cc2[nH]c1=O. The molecule has 0 aliphatic heterocycles. The van der Waals surface area contributed by atoms with Gasteiger partial charge in [0.2, 0.25) is 0 Å². The highest BCUT2D eigenvalue weighted by molar-refractivity contribution is 7.80. The van der Waals surface area contributed by atoms with E-state index >= 15 is 0 Å². The topological polar surface area (TPSA) is 57.4 Å². The summed E-state index contributed by atoms with van der Waals surface area (Å²) >= 11 is 5.54. The molecule has 0 bridgehead atoms. The largest absolute Gasteiger partial charge is 0.383 e. The van der Waals surface area contributed by atoms with Gasteiger partial charge in [-0.15, -0.1) is 0 Å². The third kappa shape index (κ3) is 5.62. The molecule has 1 heterocycles. The number of aromatic nitrogens is 1. The molecule has 0 aliphatic carbocycles. The molecule has 0 saturated heterocycles. The maximum atomic E-state index is 13.3. The van der Waals surface area contributed by atoms with Crippen LogP contribution in [0.25, 0.3) is 10.9 Å². The summed E-state index contributed by atoms with van der Waals surface area (Å²) in [5.41, 5.74) is 3.26. The van der Waals surface area contributed by atoms with E-state index in [9.17, 15) is 9.18 Å². The van der Waals surface area contributed by atoms with Crippen LogP contribution in [0.4, 0.5) is 4.39 Å². The molecular formula is C22H24FN3O2S.